The summed E-state index contributed by atoms with van der Waals surface area (Å²) < 4.78 is 0. The molecule has 13 heavy (non-hydrogen) atoms. The lowest BCUT2D eigenvalue weighted by molar-refractivity contribution is 0.0958. The molecule has 0 spiro atoms. The number of hydrogen-bond acceptors (Lipinski definition) is 2. The first-order valence-corrected chi connectivity index (χ1v) is 3.93. The monoisotopic (exact) mass is 197 g/mol. The lowest BCUT2D eigenvalue weighted by atomic mass is 10.1. The summed E-state index contributed by atoms with van der Waals surface area (Å²) >= 11 is 0. The Morgan fingerprint density at radius 3 is 2.23 bits per heavy atom. The molecule has 3 heteroatoms. The summed E-state index contributed by atoms with van der Waals surface area (Å²) in [6.45, 7) is 0.476. The van der Waals surface area contributed by atoms with Crippen molar-refractivity contribution in [3.63, 3.8) is 0 Å². The number of hydrogen-bond donors (Lipinski definition) is 0. The summed E-state index contributed by atoms with van der Waals surface area (Å²) in [4.78, 5) is 13.3. The van der Waals surface area contributed by atoms with E-state index in [4.69, 9.17) is 0 Å². The van der Waals surface area contributed by atoms with Crippen LogP contribution in [0.5, 0.6) is 0 Å². The molecule has 0 saturated carbocycles. The van der Waals surface area contributed by atoms with Gasteiger partial charge in [0.25, 0.3) is 0 Å². The normalized spacial score (nSPS) is 9.46. The predicted molar refractivity (Wildman–Crippen MR) is 60.4 cm³/mol. The molecule has 0 N–H and O–H groups in total. The summed E-state index contributed by atoms with van der Waals surface area (Å²) in [7, 11) is 3.78. The van der Waals surface area contributed by atoms with Crippen molar-refractivity contribution in [2.45, 2.75) is 0 Å². The van der Waals surface area contributed by atoms with Crippen LogP contribution in [0, 0.1) is 0 Å². The molecule has 0 aliphatic rings. The number of rotatable bonds is 3. The minimum Gasteiger partial charge on any atom is -0.302 e. The van der Waals surface area contributed by atoms with Gasteiger partial charge in [-0.2, -0.15) is 9.90 Å². The van der Waals surface area contributed by atoms with Gasteiger partial charge in [0.2, 0.25) is 0 Å². The molecule has 0 aliphatic carbocycles. The summed E-state index contributed by atoms with van der Waals surface area (Å²) in [5.74, 6) is 0.167. The van der Waals surface area contributed by atoms with E-state index in [2.05, 4.69) is 0 Å². The zero-order valence-electron chi connectivity index (χ0n) is 8.16. The molecule has 0 radical (unpaired) electrons. The van der Waals surface area contributed by atoms with Gasteiger partial charge in [0, 0.05) is 5.56 Å². The highest BCUT2D eigenvalue weighted by Gasteiger charge is 2.04. The molecule has 1 aromatic carbocycles. The highest BCUT2D eigenvalue weighted by atomic mass is 31.0. The Labute approximate surface area is 82.6 Å². The second-order valence-electron chi connectivity index (χ2n) is 3.03. The molecule has 0 aliphatic heterocycles. The first-order chi connectivity index (χ1) is 5.70. The Morgan fingerprint density at radius 1 is 1.23 bits per heavy atom. The van der Waals surface area contributed by atoms with Crippen molar-refractivity contribution in [3.05, 3.63) is 35.9 Å². The van der Waals surface area contributed by atoms with Crippen LogP contribution >= 0.6 is 9.90 Å². The number of benzene rings is 1. The van der Waals surface area contributed by atoms with E-state index >= 15 is 0 Å². The van der Waals surface area contributed by atoms with Gasteiger partial charge in [0.15, 0.2) is 5.78 Å². The van der Waals surface area contributed by atoms with E-state index in [9.17, 15) is 4.79 Å². The van der Waals surface area contributed by atoms with E-state index in [1.807, 2.05) is 49.3 Å². The van der Waals surface area contributed by atoms with Gasteiger partial charge < -0.3 is 4.90 Å². The second-order valence-corrected chi connectivity index (χ2v) is 3.03. The third-order valence-electron chi connectivity index (χ3n) is 1.56. The van der Waals surface area contributed by atoms with Crippen molar-refractivity contribution in [1.82, 2.24) is 4.90 Å². The molecule has 0 saturated heterocycles. The molecule has 0 fully saturated rings. The third kappa shape index (κ3) is 4.16. The van der Waals surface area contributed by atoms with Gasteiger partial charge in [0.05, 0.1) is 6.54 Å². The lowest BCUT2D eigenvalue weighted by Crippen LogP contribution is -2.21. The van der Waals surface area contributed by atoms with Crippen LogP contribution in [0.2, 0.25) is 0 Å². The quantitative estimate of drug-likeness (QED) is 0.540. The van der Waals surface area contributed by atoms with Gasteiger partial charge in [-0.05, 0) is 14.1 Å². The third-order valence-corrected chi connectivity index (χ3v) is 1.56. The zero-order chi connectivity index (χ0) is 8.97. The molecule has 72 valence electrons. The van der Waals surface area contributed by atoms with Crippen molar-refractivity contribution in [1.29, 1.82) is 0 Å². The van der Waals surface area contributed by atoms with Crippen LogP contribution in [-0.4, -0.2) is 31.3 Å². The van der Waals surface area contributed by atoms with E-state index in [1.165, 1.54) is 0 Å². The molecule has 0 amide bonds. The topological polar surface area (TPSA) is 20.3 Å². The van der Waals surface area contributed by atoms with Gasteiger partial charge in [-0.25, -0.2) is 0 Å². The van der Waals surface area contributed by atoms with E-state index in [1.54, 1.807) is 0 Å². The number of likely N-dealkylation sites (N-methyl/N-ethyl adjacent to an activating group) is 1. The highest BCUT2D eigenvalue weighted by Crippen LogP contribution is 1.99. The molecule has 1 atom stereocenters. The first kappa shape index (κ1) is 12.3. The number of carbonyl (C=O) groups is 1. The van der Waals surface area contributed by atoms with Crippen LogP contribution in [0.3, 0.4) is 0 Å². The minimum atomic E-state index is 0. The maximum absolute atomic E-state index is 11.4. The van der Waals surface area contributed by atoms with Crippen molar-refractivity contribution in [3.8, 4) is 0 Å². The van der Waals surface area contributed by atoms with Gasteiger partial charge >= 0.3 is 0 Å². The van der Waals surface area contributed by atoms with Crippen LogP contribution in [-0.2, 0) is 0 Å². The Balaban J connectivity index is 0.00000144. The summed E-state index contributed by atoms with van der Waals surface area (Å²) in [5, 5.41) is 0. The maximum Gasteiger partial charge on any atom is 0.176 e. The average Bonchev–Trinajstić information content (AvgIpc) is 2.05. The van der Waals surface area contributed by atoms with Crippen LogP contribution in [0.25, 0.3) is 0 Å². The van der Waals surface area contributed by atoms with Crippen molar-refractivity contribution in [2.24, 2.45) is 0 Å². The molecule has 0 aromatic heterocycles. The van der Waals surface area contributed by atoms with Crippen molar-refractivity contribution in [2.75, 3.05) is 20.6 Å². The largest absolute Gasteiger partial charge is 0.302 e. The molecule has 1 rings (SSSR count). The SMILES string of the molecule is CN(C)CC(=O)c1ccccc1.P. The Morgan fingerprint density at radius 2 is 1.77 bits per heavy atom. The van der Waals surface area contributed by atoms with Crippen LogP contribution < -0.4 is 0 Å². The Hall–Kier alpha value is -0.720. The highest BCUT2D eigenvalue weighted by molar-refractivity contribution is 6.92. The Bertz CT molecular complexity index is 259. The summed E-state index contributed by atoms with van der Waals surface area (Å²) in [6, 6.07) is 9.34. The number of Topliss-reactive ketones (excluding diaryl/α,β-unsaturated/α-hetero) is 1. The fourth-order valence-electron chi connectivity index (χ4n) is 1.00. The molecule has 0 heterocycles. The fourth-order valence-corrected chi connectivity index (χ4v) is 1.00. The average molecular weight is 197 g/mol. The summed E-state index contributed by atoms with van der Waals surface area (Å²) in [5.41, 5.74) is 0.784. The van der Waals surface area contributed by atoms with Crippen molar-refractivity contribution >= 4 is 15.7 Å². The van der Waals surface area contributed by atoms with Crippen LogP contribution in [0.15, 0.2) is 30.3 Å². The molecule has 1 unspecified atom stereocenters. The van der Waals surface area contributed by atoms with Gasteiger partial charge in [0.1, 0.15) is 0 Å². The molecule has 0 bridgehead atoms. The smallest absolute Gasteiger partial charge is 0.176 e. The molecule has 2 nitrogen and oxygen atoms in total. The fraction of sp³-hybridized carbons (Fsp3) is 0.300. The molecular weight excluding hydrogens is 181 g/mol. The van der Waals surface area contributed by atoms with E-state index in [0.717, 1.165) is 5.56 Å². The number of nitrogens with zero attached hydrogens (tertiary/aromatic N) is 1. The first-order valence-electron chi connectivity index (χ1n) is 3.93. The number of ketones is 1. The van der Waals surface area contributed by atoms with Gasteiger partial charge in [-0.15, -0.1) is 0 Å². The van der Waals surface area contributed by atoms with E-state index in [-0.39, 0.29) is 15.7 Å². The molecular formula is C10H16NOP. The van der Waals surface area contributed by atoms with Crippen LogP contribution in [0.1, 0.15) is 10.4 Å². The van der Waals surface area contributed by atoms with Crippen LogP contribution in [0.4, 0.5) is 0 Å². The Kier molecular flexibility index (Phi) is 5.52. The summed E-state index contributed by atoms with van der Waals surface area (Å²) in [6.07, 6.45) is 0. The van der Waals surface area contributed by atoms with E-state index < -0.39 is 0 Å². The minimum absolute atomic E-state index is 0. The number of carbonyl (C=O) groups excluding carboxylic acids is 1. The van der Waals surface area contributed by atoms with Gasteiger partial charge in [-0.1, -0.05) is 30.3 Å². The van der Waals surface area contributed by atoms with Crippen molar-refractivity contribution < 1.29 is 4.79 Å². The zero-order valence-corrected chi connectivity index (χ0v) is 9.57. The standard InChI is InChI=1S/C10H13NO.H3P/c1-11(2)8-10(12)9-6-4-3-5-7-9;/h3-7H,8H2,1-2H3;1H3. The second kappa shape index (κ2) is 5.85. The van der Waals surface area contributed by atoms with E-state index in [0.29, 0.717) is 6.54 Å². The lowest BCUT2D eigenvalue weighted by Gasteiger charge is -2.07. The predicted octanol–water partition coefficient (Wildman–Crippen LogP) is 1.49. The molecule has 1 aromatic rings. The van der Waals surface area contributed by atoms with Gasteiger partial charge in [-0.3, -0.25) is 4.79 Å². The maximum atomic E-state index is 11.4.